The molecule has 0 saturated carbocycles. The lowest BCUT2D eigenvalue weighted by Gasteiger charge is -2.37. The minimum atomic E-state index is -0.388. The molecule has 1 aromatic rings. The molecular weight excluding hydrogens is 286 g/mol. The number of halogens is 1. The van der Waals surface area contributed by atoms with Gasteiger partial charge in [0.2, 0.25) is 0 Å². The van der Waals surface area contributed by atoms with Gasteiger partial charge in [0.25, 0.3) is 5.91 Å². The van der Waals surface area contributed by atoms with E-state index in [1.54, 1.807) is 12.1 Å². The average molecular weight is 308 g/mol. The lowest BCUT2D eigenvalue weighted by Crippen LogP contribution is -2.41. The SMILES string of the molecule is NC(=O)c1ccc(Cl)cc1N1CCC(C2CCCN2)CC1. The molecule has 3 N–H and O–H groups in total. The normalized spacial score (nSPS) is 23.5. The highest BCUT2D eigenvalue weighted by atomic mass is 35.5. The topological polar surface area (TPSA) is 58.4 Å². The Bertz CT molecular complexity index is 520. The van der Waals surface area contributed by atoms with E-state index in [0.29, 0.717) is 16.6 Å². The zero-order chi connectivity index (χ0) is 14.8. The number of nitrogens with two attached hydrogens (primary N) is 1. The molecule has 0 spiro atoms. The Morgan fingerprint density at radius 3 is 2.67 bits per heavy atom. The Morgan fingerprint density at radius 2 is 2.05 bits per heavy atom. The van der Waals surface area contributed by atoms with Crippen LogP contribution in [0.1, 0.15) is 36.0 Å². The van der Waals surface area contributed by atoms with E-state index in [2.05, 4.69) is 10.2 Å². The number of benzene rings is 1. The van der Waals surface area contributed by atoms with Crippen molar-refractivity contribution in [3.05, 3.63) is 28.8 Å². The van der Waals surface area contributed by atoms with Crippen LogP contribution in [0.5, 0.6) is 0 Å². The second-order valence-electron chi connectivity index (χ2n) is 6.05. The van der Waals surface area contributed by atoms with Crippen LogP contribution in [0, 0.1) is 5.92 Å². The molecule has 0 bridgehead atoms. The number of hydrogen-bond donors (Lipinski definition) is 2. The predicted octanol–water partition coefficient (Wildman–Crippen LogP) is 2.41. The van der Waals surface area contributed by atoms with Crippen LogP contribution in [0.25, 0.3) is 0 Å². The number of carbonyl (C=O) groups excluding carboxylic acids is 1. The van der Waals surface area contributed by atoms with Crippen LogP contribution in [-0.2, 0) is 0 Å². The van der Waals surface area contributed by atoms with Crippen molar-refractivity contribution < 1.29 is 4.79 Å². The molecule has 21 heavy (non-hydrogen) atoms. The van der Waals surface area contributed by atoms with Crippen LogP contribution in [-0.4, -0.2) is 31.6 Å². The van der Waals surface area contributed by atoms with Crippen molar-refractivity contribution in [2.24, 2.45) is 11.7 Å². The molecule has 114 valence electrons. The first kappa shape index (κ1) is 14.7. The number of piperidine rings is 1. The van der Waals surface area contributed by atoms with Crippen LogP contribution >= 0.6 is 11.6 Å². The summed E-state index contributed by atoms with van der Waals surface area (Å²) in [4.78, 5) is 13.8. The summed E-state index contributed by atoms with van der Waals surface area (Å²) in [5, 5.41) is 4.25. The van der Waals surface area contributed by atoms with Gasteiger partial charge in [-0.15, -0.1) is 0 Å². The molecule has 1 aromatic carbocycles. The van der Waals surface area contributed by atoms with Crippen LogP contribution in [0.4, 0.5) is 5.69 Å². The average Bonchev–Trinajstić information content (AvgIpc) is 3.01. The summed E-state index contributed by atoms with van der Waals surface area (Å²) in [5.41, 5.74) is 6.93. The van der Waals surface area contributed by atoms with E-state index in [0.717, 1.165) is 44.1 Å². The zero-order valence-electron chi connectivity index (χ0n) is 12.1. The minimum Gasteiger partial charge on any atom is -0.371 e. The van der Waals surface area contributed by atoms with Gasteiger partial charge in [-0.3, -0.25) is 4.79 Å². The molecule has 2 fully saturated rings. The third kappa shape index (κ3) is 3.16. The van der Waals surface area contributed by atoms with Gasteiger partial charge in [0.05, 0.1) is 11.3 Å². The number of primary amides is 1. The Labute approximate surface area is 130 Å². The molecule has 2 saturated heterocycles. The van der Waals surface area contributed by atoms with Crippen molar-refractivity contribution in [3.8, 4) is 0 Å². The quantitative estimate of drug-likeness (QED) is 0.901. The molecule has 2 aliphatic heterocycles. The molecule has 1 unspecified atom stereocenters. The summed E-state index contributed by atoms with van der Waals surface area (Å²) in [7, 11) is 0. The van der Waals surface area contributed by atoms with Crippen molar-refractivity contribution in [2.45, 2.75) is 31.7 Å². The van der Waals surface area contributed by atoms with Crippen LogP contribution in [0.3, 0.4) is 0 Å². The minimum absolute atomic E-state index is 0.388. The van der Waals surface area contributed by atoms with Gasteiger partial charge in [0, 0.05) is 24.2 Å². The van der Waals surface area contributed by atoms with E-state index < -0.39 is 0 Å². The number of nitrogens with zero attached hydrogens (tertiary/aromatic N) is 1. The van der Waals surface area contributed by atoms with Crippen molar-refractivity contribution in [2.75, 3.05) is 24.5 Å². The Hall–Kier alpha value is -1.26. The summed E-state index contributed by atoms with van der Waals surface area (Å²) in [6.45, 7) is 3.08. The first-order chi connectivity index (χ1) is 10.1. The summed E-state index contributed by atoms with van der Waals surface area (Å²) in [6, 6.07) is 5.99. The molecular formula is C16H22ClN3O. The van der Waals surface area contributed by atoms with Crippen molar-refractivity contribution in [3.63, 3.8) is 0 Å². The third-order valence-corrected chi connectivity index (χ3v) is 5.01. The Morgan fingerprint density at radius 1 is 1.29 bits per heavy atom. The maximum absolute atomic E-state index is 11.6. The molecule has 0 aromatic heterocycles. The Kier molecular flexibility index (Phi) is 4.36. The molecule has 1 atom stereocenters. The van der Waals surface area contributed by atoms with E-state index >= 15 is 0 Å². The highest BCUT2D eigenvalue weighted by molar-refractivity contribution is 6.31. The van der Waals surface area contributed by atoms with Gasteiger partial charge >= 0.3 is 0 Å². The van der Waals surface area contributed by atoms with Gasteiger partial charge in [-0.25, -0.2) is 0 Å². The lowest BCUT2D eigenvalue weighted by atomic mass is 9.88. The van der Waals surface area contributed by atoms with Crippen molar-refractivity contribution >= 4 is 23.2 Å². The van der Waals surface area contributed by atoms with Gasteiger partial charge in [0.1, 0.15) is 0 Å². The number of amides is 1. The Balaban J connectivity index is 1.71. The summed E-state index contributed by atoms with van der Waals surface area (Å²) < 4.78 is 0. The maximum Gasteiger partial charge on any atom is 0.250 e. The second kappa shape index (κ2) is 6.24. The van der Waals surface area contributed by atoms with E-state index in [1.807, 2.05) is 6.07 Å². The molecule has 2 heterocycles. The largest absolute Gasteiger partial charge is 0.371 e. The highest BCUT2D eigenvalue weighted by Crippen LogP contribution is 2.31. The van der Waals surface area contributed by atoms with E-state index in [1.165, 1.54) is 12.8 Å². The molecule has 5 heteroatoms. The van der Waals surface area contributed by atoms with Gasteiger partial charge in [0.15, 0.2) is 0 Å². The smallest absolute Gasteiger partial charge is 0.250 e. The standard InChI is InChI=1S/C16H22ClN3O/c17-12-3-4-13(16(18)21)15(10-12)20-8-5-11(6-9-20)14-2-1-7-19-14/h3-4,10-11,14,19H,1-2,5-9H2,(H2,18,21). The molecule has 3 rings (SSSR count). The van der Waals surface area contributed by atoms with Crippen molar-refractivity contribution in [1.82, 2.24) is 5.32 Å². The summed E-state index contributed by atoms with van der Waals surface area (Å²) >= 11 is 6.08. The first-order valence-corrected chi connectivity index (χ1v) is 8.10. The lowest BCUT2D eigenvalue weighted by molar-refractivity contribution is 0.100. The number of nitrogens with one attached hydrogen (secondary N) is 1. The molecule has 0 aliphatic carbocycles. The van der Waals surface area contributed by atoms with Gasteiger partial charge in [-0.1, -0.05) is 11.6 Å². The number of anilines is 1. The van der Waals surface area contributed by atoms with Crippen LogP contribution in [0.15, 0.2) is 18.2 Å². The van der Waals surface area contributed by atoms with E-state index in [-0.39, 0.29) is 5.91 Å². The van der Waals surface area contributed by atoms with E-state index in [4.69, 9.17) is 17.3 Å². The molecule has 1 amide bonds. The summed E-state index contributed by atoms with van der Waals surface area (Å²) in [5.74, 6) is 0.362. The van der Waals surface area contributed by atoms with Crippen LogP contribution < -0.4 is 16.0 Å². The van der Waals surface area contributed by atoms with Crippen molar-refractivity contribution in [1.29, 1.82) is 0 Å². The van der Waals surface area contributed by atoms with Gasteiger partial charge < -0.3 is 16.0 Å². The summed E-state index contributed by atoms with van der Waals surface area (Å²) in [6.07, 6.45) is 4.91. The van der Waals surface area contributed by atoms with Crippen LogP contribution in [0.2, 0.25) is 5.02 Å². The molecule has 2 aliphatic rings. The fourth-order valence-corrected chi connectivity index (χ4v) is 3.80. The fourth-order valence-electron chi connectivity index (χ4n) is 3.63. The monoisotopic (exact) mass is 307 g/mol. The maximum atomic E-state index is 11.6. The zero-order valence-corrected chi connectivity index (χ0v) is 12.9. The van der Waals surface area contributed by atoms with E-state index in [9.17, 15) is 4.79 Å². The third-order valence-electron chi connectivity index (χ3n) is 4.77. The van der Waals surface area contributed by atoms with Gasteiger partial charge in [-0.05, 0) is 56.3 Å². The first-order valence-electron chi connectivity index (χ1n) is 7.73. The number of rotatable bonds is 3. The molecule has 4 nitrogen and oxygen atoms in total. The van der Waals surface area contributed by atoms with Gasteiger partial charge in [-0.2, -0.15) is 0 Å². The second-order valence-corrected chi connectivity index (χ2v) is 6.49. The predicted molar refractivity (Wildman–Crippen MR) is 85.9 cm³/mol. The fraction of sp³-hybridized carbons (Fsp3) is 0.562. The number of hydrogen-bond acceptors (Lipinski definition) is 3. The molecule has 0 radical (unpaired) electrons. The highest BCUT2D eigenvalue weighted by Gasteiger charge is 2.29. The number of carbonyl (C=O) groups is 1.